The van der Waals surface area contributed by atoms with Crippen LogP contribution in [0.2, 0.25) is 0 Å². The van der Waals surface area contributed by atoms with Crippen molar-refractivity contribution in [1.29, 1.82) is 0 Å². The van der Waals surface area contributed by atoms with E-state index in [2.05, 4.69) is 10.9 Å². The molecular weight excluding hydrogens is 319 g/mol. The normalized spacial score (nSPS) is 32.5. The maximum atomic E-state index is 13.6. The average molecular weight is 344 g/mol. The number of amides is 2. The second kappa shape index (κ2) is 6.11. The molecule has 4 nitrogen and oxygen atoms in total. The topological polar surface area (TPSA) is 58.2 Å². The maximum Gasteiger partial charge on any atom is 0.269 e. The van der Waals surface area contributed by atoms with Gasteiger partial charge in [0, 0.05) is 12.0 Å². The van der Waals surface area contributed by atoms with Crippen molar-refractivity contribution in [3.63, 3.8) is 0 Å². The highest BCUT2D eigenvalue weighted by atomic mass is 19.1. The van der Waals surface area contributed by atoms with Crippen molar-refractivity contribution in [2.75, 3.05) is 0 Å². The van der Waals surface area contributed by atoms with Crippen molar-refractivity contribution in [3.05, 3.63) is 35.1 Å². The molecule has 0 spiro atoms. The highest BCUT2D eigenvalue weighted by Crippen LogP contribution is 2.61. The molecular formula is C20H25FN2O2. The minimum absolute atomic E-state index is 0.136. The summed E-state index contributed by atoms with van der Waals surface area (Å²) in [5, 5.41) is 0. The molecule has 0 heterocycles. The molecule has 2 N–H and O–H groups in total. The lowest BCUT2D eigenvalue weighted by Crippen LogP contribution is -2.50. The Morgan fingerprint density at radius 1 is 1.08 bits per heavy atom. The van der Waals surface area contributed by atoms with Gasteiger partial charge in [-0.3, -0.25) is 20.4 Å². The smallest absolute Gasteiger partial charge is 0.269 e. The fourth-order valence-corrected chi connectivity index (χ4v) is 5.82. The number of rotatable bonds is 3. The Hall–Kier alpha value is -1.91. The first-order valence-electron chi connectivity index (χ1n) is 9.28. The molecule has 4 fully saturated rings. The number of hydrazine groups is 1. The number of carbonyl (C=O) groups excluding carboxylic acids is 2. The number of hydrogen-bond donors (Lipinski definition) is 2. The number of aryl methyl sites for hydroxylation is 1. The van der Waals surface area contributed by atoms with Crippen LogP contribution in [0.15, 0.2) is 18.2 Å². The number of benzene rings is 1. The van der Waals surface area contributed by atoms with Gasteiger partial charge in [-0.15, -0.1) is 0 Å². The van der Waals surface area contributed by atoms with E-state index < -0.39 is 11.7 Å². The van der Waals surface area contributed by atoms with Crippen LogP contribution in [0.3, 0.4) is 0 Å². The van der Waals surface area contributed by atoms with E-state index in [1.165, 1.54) is 25.3 Å². The van der Waals surface area contributed by atoms with Crippen molar-refractivity contribution in [1.82, 2.24) is 10.9 Å². The highest BCUT2D eigenvalue weighted by Gasteiger charge is 2.51. The molecule has 0 saturated heterocycles. The van der Waals surface area contributed by atoms with E-state index in [0.29, 0.717) is 12.0 Å². The standard InChI is InChI=1S/C20H25FN2O2/c1-12-2-3-16(7-17(12)21)19(25)23-22-18(24)11-20-8-13-4-14(9-20)6-15(5-13)10-20/h2-3,7,13-15H,4-6,8-11H2,1H3,(H,22,24)(H,23,25). The minimum Gasteiger partial charge on any atom is -0.273 e. The Kier molecular flexibility index (Phi) is 4.05. The van der Waals surface area contributed by atoms with Crippen LogP contribution in [-0.2, 0) is 4.79 Å². The van der Waals surface area contributed by atoms with Gasteiger partial charge in [-0.25, -0.2) is 4.39 Å². The summed E-state index contributed by atoms with van der Waals surface area (Å²) in [5.74, 6) is 1.34. The molecule has 4 aliphatic rings. The first-order valence-corrected chi connectivity index (χ1v) is 9.28. The number of nitrogens with one attached hydrogen (secondary N) is 2. The van der Waals surface area contributed by atoms with Gasteiger partial charge >= 0.3 is 0 Å². The van der Waals surface area contributed by atoms with Crippen LogP contribution in [0.5, 0.6) is 0 Å². The third-order valence-corrected chi connectivity index (χ3v) is 6.45. The lowest BCUT2D eigenvalue weighted by atomic mass is 9.49. The summed E-state index contributed by atoms with van der Waals surface area (Å²) in [5.41, 5.74) is 5.79. The first kappa shape index (κ1) is 16.6. The van der Waals surface area contributed by atoms with Gasteiger partial charge in [-0.2, -0.15) is 0 Å². The van der Waals surface area contributed by atoms with Gasteiger partial charge in [0.25, 0.3) is 5.91 Å². The predicted molar refractivity (Wildman–Crippen MR) is 92.0 cm³/mol. The van der Waals surface area contributed by atoms with Crippen LogP contribution in [0.1, 0.15) is 60.9 Å². The Labute approximate surface area is 147 Å². The number of hydrogen-bond acceptors (Lipinski definition) is 2. The molecule has 134 valence electrons. The van der Waals surface area contributed by atoms with Crippen LogP contribution in [0.25, 0.3) is 0 Å². The van der Waals surface area contributed by atoms with E-state index in [9.17, 15) is 14.0 Å². The van der Waals surface area contributed by atoms with Gasteiger partial charge in [0.05, 0.1) is 0 Å². The van der Waals surface area contributed by atoms with Gasteiger partial charge in [0.1, 0.15) is 5.82 Å². The zero-order valence-electron chi connectivity index (χ0n) is 14.6. The van der Waals surface area contributed by atoms with E-state index >= 15 is 0 Å². The van der Waals surface area contributed by atoms with Crippen LogP contribution in [0, 0.1) is 35.9 Å². The minimum atomic E-state index is -0.488. The zero-order chi connectivity index (χ0) is 17.6. The molecule has 1 aromatic rings. The van der Waals surface area contributed by atoms with E-state index in [1.54, 1.807) is 19.1 Å². The largest absolute Gasteiger partial charge is 0.273 e. The maximum absolute atomic E-state index is 13.6. The number of halogens is 1. The second-order valence-corrected chi connectivity index (χ2v) is 8.56. The SMILES string of the molecule is Cc1ccc(C(=O)NNC(=O)CC23CC4CC(CC(C4)C2)C3)cc1F. The van der Waals surface area contributed by atoms with Gasteiger partial charge in [-0.1, -0.05) is 6.07 Å². The summed E-state index contributed by atoms with van der Waals surface area (Å²) in [6.07, 6.45) is 7.99. The molecule has 0 aliphatic heterocycles. The van der Waals surface area contributed by atoms with Crippen molar-refractivity contribution >= 4 is 11.8 Å². The molecule has 0 aromatic heterocycles. The first-order chi connectivity index (χ1) is 11.9. The van der Waals surface area contributed by atoms with E-state index in [0.717, 1.165) is 37.0 Å². The molecule has 5 rings (SSSR count). The lowest BCUT2D eigenvalue weighted by molar-refractivity contribution is -0.130. The Bertz CT molecular complexity index is 680. The molecule has 5 heteroatoms. The zero-order valence-corrected chi connectivity index (χ0v) is 14.6. The third-order valence-electron chi connectivity index (χ3n) is 6.45. The van der Waals surface area contributed by atoms with Crippen molar-refractivity contribution in [2.24, 2.45) is 23.2 Å². The molecule has 2 amide bonds. The number of carbonyl (C=O) groups is 2. The molecule has 25 heavy (non-hydrogen) atoms. The fraction of sp³-hybridized carbons (Fsp3) is 0.600. The quantitative estimate of drug-likeness (QED) is 0.825. The van der Waals surface area contributed by atoms with Crippen LogP contribution >= 0.6 is 0 Å². The molecule has 4 aliphatic carbocycles. The van der Waals surface area contributed by atoms with Gasteiger partial charge < -0.3 is 0 Å². The van der Waals surface area contributed by atoms with Crippen LogP contribution in [0.4, 0.5) is 4.39 Å². The lowest BCUT2D eigenvalue weighted by Gasteiger charge is -2.56. The molecule has 0 unspecified atom stereocenters. The van der Waals surface area contributed by atoms with E-state index in [1.807, 2.05) is 0 Å². The highest BCUT2D eigenvalue weighted by molar-refractivity contribution is 5.95. The fourth-order valence-electron chi connectivity index (χ4n) is 5.82. The summed E-state index contributed by atoms with van der Waals surface area (Å²) in [6, 6.07) is 4.30. The molecule has 0 radical (unpaired) electrons. The molecule has 4 bridgehead atoms. The van der Waals surface area contributed by atoms with Gasteiger partial charge in [0.2, 0.25) is 5.91 Å². The summed E-state index contributed by atoms with van der Waals surface area (Å²) in [6.45, 7) is 1.64. The second-order valence-electron chi connectivity index (χ2n) is 8.56. The Morgan fingerprint density at radius 3 is 2.24 bits per heavy atom. The average Bonchev–Trinajstić information content (AvgIpc) is 2.53. The summed E-state index contributed by atoms with van der Waals surface area (Å²) in [7, 11) is 0. The summed E-state index contributed by atoms with van der Waals surface area (Å²) >= 11 is 0. The summed E-state index contributed by atoms with van der Waals surface area (Å²) in [4.78, 5) is 24.5. The Balaban J connectivity index is 1.33. The Morgan fingerprint density at radius 2 is 1.68 bits per heavy atom. The van der Waals surface area contributed by atoms with Crippen molar-refractivity contribution < 1.29 is 14.0 Å². The summed E-state index contributed by atoms with van der Waals surface area (Å²) < 4.78 is 13.6. The van der Waals surface area contributed by atoms with E-state index in [-0.39, 0.29) is 16.9 Å². The molecule has 4 saturated carbocycles. The van der Waals surface area contributed by atoms with Crippen molar-refractivity contribution in [2.45, 2.75) is 51.9 Å². The monoisotopic (exact) mass is 344 g/mol. The molecule has 1 aromatic carbocycles. The molecule has 0 atom stereocenters. The van der Waals surface area contributed by atoms with Gasteiger partial charge in [-0.05, 0) is 86.3 Å². The predicted octanol–water partition coefficient (Wildman–Crippen LogP) is 3.50. The van der Waals surface area contributed by atoms with Crippen molar-refractivity contribution in [3.8, 4) is 0 Å². The van der Waals surface area contributed by atoms with Crippen LogP contribution < -0.4 is 10.9 Å². The van der Waals surface area contributed by atoms with E-state index in [4.69, 9.17) is 0 Å². The van der Waals surface area contributed by atoms with Crippen LogP contribution in [-0.4, -0.2) is 11.8 Å². The third kappa shape index (κ3) is 3.29. The van der Waals surface area contributed by atoms with Gasteiger partial charge in [0.15, 0.2) is 0 Å².